The van der Waals surface area contributed by atoms with Crippen LogP contribution in [0.3, 0.4) is 0 Å². The van der Waals surface area contributed by atoms with E-state index in [0.717, 1.165) is 0 Å². The van der Waals surface area contributed by atoms with Crippen LogP contribution in [0.1, 0.15) is 27.7 Å². The van der Waals surface area contributed by atoms with E-state index in [0.29, 0.717) is 0 Å². The van der Waals surface area contributed by atoms with E-state index in [-0.39, 0.29) is 12.5 Å². The van der Waals surface area contributed by atoms with E-state index in [4.69, 9.17) is 10.8 Å². The molecule has 0 aliphatic heterocycles. The Morgan fingerprint density at radius 3 is 1.50 bits per heavy atom. The van der Waals surface area contributed by atoms with Crippen LogP contribution in [-0.2, 0) is 28.8 Å². The maximum absolute atomic E-state index is 12.0. The Labute approximate surface area is 173 Å². The second kappa shape index (κ2) is 13.1. The first-order valence-electron chi connectivity index (χ1n) is 9.25. The smallest absolute Gasteiger partial charge is 0.326 e. The van der Waals surface area contributed by atoms with E-state index in [1.54, 1.807) is 13.8 Å². The molecular weight excluding hydrogens is 400 g/mol. The van der Waals surface area contributed by atoms with Crippen molar-refractivity contribution in [3.05, 3.63) is 0 Å². The highest BCUT2D eigenvalue weighted by molar-refractivity contribution is 5.93. The summed E-state index contributed by atoms with van der Waals surface area (Å²) in [5.41, 5.74) is 5.12. The molecule has 30 heavy (non-hydrogen) atoms. The van der Waals surface area contributed by atoms with Gasteiger partial charge >= 0.3 is 5.97 Å². The fourth-order valence-electron chi connectivity index (χ4n) is 2.10. The van der Waals surface area contributed by atoms with Gasteiger partial charge in [-0.2, -0.15) is 0 Å². The molecule has 0 aromatic rings. The Bertz CT molecular complexity index is 667. The number of hydrogen-bond donors (Lipinski definition) is 7. The Kier molecular flexibility index (Phi) is 11.7. The minimum atomic E-state index is -1.19. The number of carboxylic acid groups (broad SMARTS) is 1. The van der Waals surface area contributed by atoms with Crippen LogP contribution in [0.5, 0.6) is 0 Å². The highest BCUT2D eigenvalue weighted by Crippen LogP contribution is 2.01. The van der Waals surface area contributed by atoms with Crippen molar-refractivity contribution in [2.24, 2.45) is 11.7 Å². The lowest BCUT2D eigenvalue weighted by molar-refractivity contribution is -0.143. The summed E-state index contributed by atoms with van der Waals surface area (Å²) in [7, 11) is 0. The SMILES string of the molecule is CC(C)[C@H](NC(=O)CNC(=O)[C@H](C)NC(=O)CNC(=O)[C@H](C)NC(=O)CN)C(=O)O. The molecule has 0 aliphatic carbocycles. The molecule has 13 heteroatoms. The van der Waals surface area contributed by atoms with Crippen molar-refractivity contribution in [2.75, 3.05) is 19.6 Å². The van der Waals surface area contributed by atoms with E-state index >= 15 is 0 Å². The fraction of sp³-hybridized carbons (Fsp3) is 0.647. The van der Waals surface area contributed by atoms with E-state index in [1.807, 2.05) is 0 Å². The monoisotopic (exact) mass is 430 g/mol. The highest BCUT2D eigenvalue weighted by Gasteiger charge is 2.24. The summed E-state index contributed by atoms with van der Waals surface area (Å²) in [6.45, 7) is 4.85. The Balaban J connectivity index is 4.35. The number of carbonyl (C=O) groups excluding carboxylic acids is 5. The topological polar surface area (TPSA) is 209 Å². The first kappa shape index (κ1) is 26.8. The molecule has 8 N–H and O–H groups in total. The first-order valence-corrected chi connectivity index (χ1v) is 9.25. The van der Waals surface area contributed by atoms with Crippen molar-refractivity contribution in [3.63, 3.8) is 0 Å². The second-order valence-corrected chi connectivity index (χ2v) is 6.85. The van der Waals surface area contributed by atoms with Crippen LogP contribution in [0.25, 0.3) is 0 Å². The van der Waals surface area contributed by atoms with Crippen molar-refractivity contribution in [1.82, 2.24) is 26.6 Å². The van der Waals surface area contributed by atoms with Crippen molar-refractivity contribution in [2.45, 2.75) is 45.8 Å². The number of nitrogens with one attached hydrogen (secondary N) is 5. The van der Waals surface area contributed by atoms with Gasteiger partial charge in [-0.1, -0.05) is 13.8 Å². The number of aliphatic carboxylic acids is 1. The average Bonchev–Trinajstić information content (AvgIpc) is 2.67. The third-order valence-corrected chi connectivity index (χ3v) is 3.82. The Morgan fingerprint density at radius 2 is 1.13 bits per heavy atom. The summed E-state index contributed by atoms with van der Waals surface area (Å²) in [5.74, 6) is -4.71. The van der Waals surface area contributed by atoms with Crippen molar-refractivity contribution >= 4 is 35.5 Å². The van der Waals surface area contributed by atoms with Gasteiger partial charge in [0.25, 0.3) is 0 Å². The summed E-state index contributed by atoms with van der Waals surface area (Å²) in [5, 5.41) is 20.5. The van der Waals surface area contributed by atoms with Gasteiger partial charge < -0.3 is 37.4 Å². The second-order valence-electron chi connectivity index (χ2n) is 6.85. The van der Waals surface area contributed by atoms with Crippen LogP contribution in [0.4, 0.5) is 0 Å². The molecule has 0 saturated heterocycles. The number of hydrogen-bond acceptors (Lipinski definition) is 7. The van der Waals surface area contributed by atoms with Gasteiger partial charge in [0.1, 0.15) is 18.1 Å². The normalized spacial score (nSPS) is 13.4. The molecule has 0 rings (SSSR count). The Hall–Kier alpha value is -3.22. The predicted molar refractivity (Wildman–Crippen MR) is 105 cm³/mol. The molecule has 0 spiro atoms. The molecule has 0 saturated carbocycles. The summed E-state index contributed by atoms with van der Waals surface area (Å²) in [6, 6.07) is -3.00. The largest absolute Gasteiger partial charge is 0.480 e. The molecule has 13 nitrogen and oxygen atoms in total. The molecule has 170 valence electrons. The van der Waals surface area contributed by atoms with Crippen LogP contribution in [0, 0.1) is 5.92 Å². The zero-order chi connectivity index (χ0) is 23.4. The summed E-state index contributed by atoms with van der Waals surface area (Å²) >= 11 is 0. The van der Waals surface area contributed by atoms with Crippen LogP contribution in [-0.4, -0.2) is 78.4 Å². The molecule has 0 aromatic carbocycles. The molecule has 0 radical (unpaired) electrons. The molecule has 0 unspecified atom stereocenters. The molecule has 0 fully saturated rings. The third kappa shape index (κ3) is 10.4. The summed E-state index contributed by atoms with van der Waals surface area (Å²) in [6.07, 6.45) is 0. The van der Waals surface area contributed by atoms with E-state index in [9.17, 15) is 28.8 Å². The number of carbonyl (C=O) groups is 6. The lowest BCUT2D eigenvalue weighted by Crippen LogP contribution is -2.52. The van der Waals surface area contributed by atoms with Gasteiger partial charge in [-0.15, -0.1) is 0 Å². The zero-order valence-corrected chi connectivity index (χ0v) is 17.4. The lowest BCUT2D eigenvalue weighted by atomic mass is 10.1. The maximum atomic E-state index is 12.0. The zero-order valence-electron chi connectivity index (χ0n) is 17.4. The van der Waals surface area contributed by atoms with Gasteiger partial charge in [0, 0.05) is 0 Å². The molecule has 0 aromatic heterocycles. The van der Waals surface area contributed by atoms with Crippen molar-refractivity contribution in [3.8, 4) is 0 Å². The van der Waals surface area contributed by atoms with E-state index < -0.39 is 66.7 Å². The fourth-order valence-corrected chi connectivity index (χ4v) is 2.10. The van der Waals surface area contributed by atoms with Gasteiger partial charge in [-0.3, -0.25) is 24.0 Å². The van der Waals surface area contributed by atoms with Crippen LogP contribution < -0.4 is 32.3 Å². The van der Waals surface area contributed by atoms with Gasteiger partial charge in [-0.05, 0) is 19.8 Å². The molecular formula is C17H30N6O7. The molecule has 0 heterocycles. The quantitative estimate of drug-likeness (QED) is 0.164. The number of amides is 5. The van der Waals surface area contributed by atoms with E-state index in [1.165, 1.54) is 13.8 Å². The molecule has 3 atom stereocenters. The minimum Gasteiger partial charge on any atom is -0.480 e. The van der Waals surface area contributed by atoms with Crippen LogP contribution >= 0.6 is 0 Å². The van der Waals surface area contributed by atoms with Crippen molar-refractivity contribution < 1.29 is 33.9 Å². The van der Waals surface area contributed by atoms with Crippen LogP contribution in [0.15, 0.2) is 0 Å². The van der Waals surface area contributed by atoms with Gasteiger partial charge in [0.05, 0.1) is 19.6 Å². The van der Waals surface area contributed by atoms with Gasteiger partial charge in [0.2, 0.25) is 29.5 Å². The van der Waals surface area contributed by atoms with Crippen molar-refractivity contribution in [1.29, 1.82) is 0 Å². The molecule has 0 bridgehead atoms. The summed E-state index contributed by atoms with van der Waals surface area (Å²) < 4.78 is 0. The van der Waals surface area contributed by atoms with E-state index in [2.05, 4.69) is 26.6 Å². The number of carboxylic acids is 1. The minimum absolute atomic E-state index is 0.281. The van der Waals surface area contributed by atoms with Gasteiger partial charge in [-0.25, -0.2) is 4.79 Å². The lowest BCUT2D eigenvalue weighted by Gasteiger charge is -2.19. The molecule has 0 aliphatic rings. The first-order chi connectivity index (χ1) is 13.9. The predicted octanol–water partition coefficient (Wildman–Crippen LogP) is -3.59. The average molecular weight is 430 g/mol. The Morgan fingerprint density at radius 1 is 0.733 bits per heavy atom. The highest BCUT2D eigenvalue weighted by atomic mass is 16.4. The number of nitrogens with two attached hydrogens (primary N) is 1. The standard InChI is InChI=1S/C17H30N6O7/c1-8(2)14(17(29)30)23-13(26)7-20-16(28)10(4)22-12(25)6-19-15(27)9(3)21-11(24)5-18/h8-10,14H,5-7,18H2,1-4H3,(H,19,27)(H,20,28)(H,21,24)(H,22,25)(H,23,26)(H,29,30)/t9-,10-,14-/m0/s1. The number of rotatable bonds is 12. The third-order valence-electron chi connectivity index (χ3n) is 3.82. The maximum Gasteiger partial charge on any atom is 0.326 e. The summed E-state index contributed by atoms with van der Waals surface area (Å²) in [4.78, 5) is 69.5. The van der Waals surface area contributed by atoms with Crippen LogP contribution in [0.2, 0.25) is 0 Å². The molecule has 5 amide bonds. The van der Waals surface area contributed by atoms with Gasteiger partial charge in [0.15, 0.2) is 0 Å².